The molecule has 2 N–H and O–H groups in total. The van der Waals surface area contributed by atoms with Gasteiger partial charge in [0, 0.05) is 29.1 Å². The molecule has 0 bridgehead atoms. The van der Waals surface area contributed by atoms with E-state index in [0.717, 1.165) is 38.5 Å². The predicted molar refractivity (Wildman–Crippen MR) is 148 cm³/mol. The third kappa shape index (κ3) is 4.65. The van der Waals surface area contributed by atoms with Gasteiger partial charge in [-0.25, -0.2) is 9.17 Å². The number of rotatable bonds is 7. The van der Waals surface area contributed by atoms with Gasteiger partial charge in [-0.3, -0.25) is 9.48 Å². The first-order valence-corrected chi connectivity index (χ1v) is 12.9. The van der Waals surface area contributed by atoms with E-state index in [9.17, 15) is 9.59 Å². The zero-order valence-corrected chi connectivity index (χ0v) is 21.0. The van der Waals surface area contributed by atoms with Crippen molar-refractivity contribution in [1.82, 2.24) is 19.5 Å². The summed E-state index contributed by atoms with van der Waals surface area (Å²) in [5.74, 6) is -1.22. The van der Waals surface area contributed by atoms with Crippen LogP contribution in [-0.2, 0) is 13.1 Å². The Morgan fingerprint density at radius 3 is 2.39 bits per heavy atom. The molecule has 0 atom stereocenters. The van der Waals surface area contributed by atoms with E-state index >= 15 is 0 Å². The van der Waals surface area contributed by atoms with Crippen LogP contribution in [0.15, 0.2) is 96.6 Å². The molecule has 2 heterocycles. The van der Waals surface area contributed by atoms with Gasteiger partial charge >= 0.3 is 5.97 Å². The minimum atomic E-state index is -0.984. The number of carbonyl (C=O) groups is 2. The van der Waals surface area contributed by atoms with Crippen molar-refractivity contribution in [2.45, 2.75) is 13.1 Å². The van der Waals surface area contributed by atoms with E-state index in [2.05, 4.69) is 45.1 Å². The number of amides is 1. The van der Waals surface area contributed by atoms with E-state index in [1.807, 2.05) is 34.3 Å². The van der Waals surface area contributed by atoms with Gasteiger partial charge < -0.3 is 10.4 Å². The highest BCUT2D eigenvalue weighted by molar-refractivity contribution is 7.03. The fraction of sp³-hybridized carbons (Fsp3) is 0.0667. The second-order valence-corrected chi connectivity index (χ2v) is 9.70. The number of benzene rings is 4. The van der Waals surface area contributed by atoms with Gasteiger partial charge in [-0.2, -0.15) is 5.10 Å². The Hall–Kier alpha value is -4.82. The van der Waals surface area contributed by atoms with Crippen LogP contribution >= 0.6 is 11.5 Å². The second kappa shape index (κ2) is 9.91. The van der Waals surface area contributed by atoms with Crippen molar-refractivity contribution < 1.29 is 14.7 Å². The van der Waals surface area contributed by atoms with Gasteiger partial charge in [0.05, 0.1) is 29.4 Å². The molecule has 0 spiro atoms. The number of aromatic carboxylic acids is 1. The Morgan fingerprint density at radius 2 is 1.63 bits per heavy atom. The van der Waals surface area contributed by atoms with Gasteiger partial charge in [0.1, 0.15) is 0 Å². The zero-order valence-electron chi connectivity index (χ0n) is 20.2. The van der Waals surface area contributed by atoms with Crippen molar-refractivity contribution >= 4 is 45.1 Å². The number of carboxylic acid groups (broad SMARTS) is 1. The summed E-state index contributed by atoms with van der Waals surface area (Å²) in [4.78, 5) is 24.7. The van der Waals surface area contributed by atoms with Crippen LogP contribution in [0.2, 0.25) is 0 Å². The minimum absolute atomic E-state index is 0.205. The van der Waals surface area contributed by atoms with Gasteiger partial charge in [0.15, 0.2) is 0 Å². The van der Waals surface area contributed by atoms with Gasteiger partial charge in [-0.1, -0.05) is 48.5 Å². The summed E-state index contributed by atoms with van der Waals surface area (Å²) in [6.07, 6.45) is 3.58. The SMILES string of the molecule is O=C(O)c1ccc(CNC(=O)c2cc(-c3cnsc3)cc3cnn(Cc4ccc5ccccc5c4)c23)cc1. The highest BCUT2D eigenvalue weighted by atomic mass is 32.1. The molecule has 38 heavy (non-hydrogen) atoms. The second-order valence-electron chi connectivity index (χ2n) is 9.04. The first-order valence-electron chi connectivity index (χ1n) is 12.0. The van der Waals surface area contributed by atoms with Crippen LogP contribution < -0.4 is 5.32 Å². The lowest BCUT2D eigenvalue weighted by molar-refractivity contribution is 0.0696. The molecule has 0 aliphatic heterocycles. The van der Waals surface area contributed by atoms with Gasteiger partial charge in [0.25, 0.3) is 5.91 Å². The first-order chi connectivity index (χ1) is 18.5. The number of nitrogens with one attached hydrogen (secondary N) is 1. The van der Waals surface area contributed by atoms with Crippen LogP contribution in [0, 0.1) is 0 Å². The van der Waals surface area contributed by atoms with Crippen LogP contribution in [0.5, 0.6) is 0 Å². The van der Waals surface area contributed by atoms with Crippen LogP contribution in [0.4, 0.5) is 0 Å². The number of aromatic nitrogens is 3. The number of carboxylic acids is 1. The molecule has 0 unspecified atom stereocenters. The van der Waals surface area contributed by atoms with Crippen LogP contribution in [-0.4, -0.2) is 31.1 Å². The van der Waals surface area contributed by atoms with Gasteiger partial charge in [0.2, 0.25) is 0 Å². The van der Waals surface area contributed by atoms with E-state index in [4.69, 9.17) is 5.11 Å². The van der Waals surface area contributed by atoms with Gasteiger partial charge in [-0.15, -0.1) is 0 Å². The Balaban J connectivity index is 1.35. The van der Waals surface area contributed by atoms with Crippen LogP contribution in [0.25, 0.3) is 32.8 Å². The molecule has 2 aromatic heterocycles. The molecule has 0 fully saturated rings. The fourth-order valence-corrected chi connectivity index (χ4v) is 5.14. The molecule has 4 aromatic carbocycles. The highest BCUT2D eigenvalue weighted by Crippen LogP contribution is 2.29. The summed E-state index contributed by atoms with van der Waals surface area (Å²) in [6, 6.07) is 24.9. The predicted octanol–water partition coefficient (Wildman–Crippen LogP) is 5.99. The van der Waals surface area contributed by atoms with Crippen molar-refractivity contribution in [3.8, 4) is 11.1 Å². The average molecular weight is 519 g/mol. The normalized spacial score (nSPS) is 11.2. The summed E-state index contributed by atoms with van der Waals surface area (Å²) in [6.45, 7) is 0.786. The third-order valence-electron chi connectivity index (χ3n) is 6.54. The lowest BCUT2D eigenvalue weighted by Gasteiger charge is -2.12. The molecule has 7 nitrogen and oxygen atoms in total. The van der Waals surface area contributed by atoms with E-state index < -0.39 is 5.97 Å². The number of carbonyl (C=O) groups excluding carboxylic acids is 1. The maximum Gasteiger partial charge on any atom is 0.335 e. The zero-order chi connectivity index (χ0) is 26.1. The van der Waals surface area contributed by atoms with Crippen molar-refractivity contribution in [2.75, 3.05) is 0 Å². The summed E-state index contributed by atoms with van der Waals surface area (Å²) in [5, 5.41) is 21.9. The molecule has 8 heteroatoms. The molecular weight excluding hydrogens is 496 g/mol. The topological polar surface area (TPSA) is 97.1 Å². The molecule has 0 radical (unpaired) electrons. The molecule has 1 amide bonds. The smallest absolute Gasteiger partial charge is 0.335 e. The maximum absolute atomic E-state index is 13.5. The molecule has 0 aliphatic rings. The van der Waals surface area contributed by atoms with Crippen LogP contribution in [0.1, 0.15) is 31.8 Å². The summed E-state index contributed by atoms with van der Waals surface area (Å²) in [5.41, 5.74) is 5.21. The molecular formula is C30H22N4O3S. The Labute approximate surface area is 222 Å². The number of hydrogen-bond acceptors (Lipinski definition) is 5. The molecule has 0 saturated carbocycles. The van der Waals surface area contributed by atoms with Crippen molar-refractivity contribution in [2.24, 2.45) is 0 Å². The Morgan fingerprint density at radius 1 is 0.842 bits per heavy atom. The summed E-state index contributed by atoms with van der Waals surface area (Å²) in [7, 11) is 0. The molecule has 0 aliphatic carbocycles. The maximum atomic E-state index is 13.5. The summed E-state index contributed by atoms with van der Waals surface area (Å²) < 4.78 is 6.08. The molecule has 6 aromatic rings. The van der Waals surface area contributed by atoms with E-state index in [-0.39, 0.29) is 18.0 Å². The standard InChI is InChI=1S/C30H22N4O3S/c35-29(31-14-19-5-9-22(10-6-19)30(36)37)27-13-24(26-16-33-38-18-26)12-25-15-32-34(28(25)27)17-20-7-8-21-3-1-2-4-23(21)11-20/h1-13,15-16,18H,14,17H2,(H,31,35)(H,36,37). The molecule has 6 rings (SSSR count). The van der Waals surface area contributed by atoms with Crippen molar-refractivity contribution in [3.63, 3.8) is 0 Å². The Bertz CT molecular complexity index is 1790. The average Bonchev–Trinajstić information content (AvgIpc) is 3.62. The number of fused-ring (bicyclic) bond motifs is 2. The minimum Gasteiger partial charge on any atom is -0.478 e. The highest BCUT2D eigenvalue weighted by Gasteiger charge is 2.18. The lowest BCUT2D eigenvalue weighted by Crippen LogP contribution is -2.24. The molecule has 186 valence electrons. The fourth-order valence-electron chi connectivity index (χ4n) is 4.59. The Kier molecular flexibility index (Phi) is 6.15. The van der Waals surface area contributed by atoms with E-state index in [1.165, 1.54) is 29.1 Å². The lowest BCUT2D eigenvalue weighted by atomic mass is 10.0. The number of nitrogens with zero attached hydrogens (tertiary/aromatic N) is 3. The number of hydrogen-bond donors (Lipinski definition) is 2. The van der Waals surface area contributed by atoms with Crippen molar-refractivity contribution in [1.29, 1.82) is 0 Å². The van der Waals surface area contributed by atoms with E-state index in [1.54, 1.807) is 24.5 Å². The monoisotopic (exact) mass is 518 g/mol. The first kappa shape index (κ1) is 23.6. The molecule has 0 saturated heterocycles. The van der Waals surface area contributed by atoms with E-state index in [0.29, 0.717) is 12.1 Å². The van der Waals surface area contributed by atoms with Crippen molar-refractivity contribution in [3.05, 3.63) is 119 Å². The van der Waals surface area contributed by atoms with Gasteiger partial charge in [-0.05, 0) is 69.3 Å². The third-order valence-corrected chi connectivity index (χ3v) is 7.13. The largest absolute Gasteiger partial charge is 0.478 e. The summed E-state index contributed by atoms with van der Waals surface area (Å²) >= 11 is 1.36. The quantitative estimate of drug-likeness (QED) is 0.271. The van der Waals surface area contributed by atoms with Crippen LogP contribution in [0.3, 0.4) is 0 Å².